The molecule has 18 heavy (non-hydrogen) atoms. The molecule has 0 spiro atoms. The Bertz CT molecular complexity index is 454. The summed E-state index contributed by atoms with van der Waals surface area (Å²) in [4.78, 5) is 0. The van der Waals surface area contributed by atoms with E-state index >= 15 is 0 Å². The second-order valence-corrected chi connectivity index (χ2v) is 5.59. The molecule has 1 unspecified atom stereocenters. The van der Waals surface area contributed by atoms with Crippen LogP contribution >= 0.6 is 0 Å². The summed E-state index contributed by atoms with van der Waals surface area (Å²) < 4.78 is 0. The van der Waals surface area contributed by atoms with Gasteiger partial charge in [-0.25, -0.2) is 0 Å². The van der Waals surface area contributed by atoms with Crippen LogP contribution in [0.25, 0.3) is 0 Å². The van der Waals surface area contributed by atoms with Gasteiger partial charge in [-0.3, -0.25) is 0 Å². The molecule has 0 nitrogen and oxygen atoms in total. The molecule has 2 rings (SSSR count). The maximum absolute atomic E-state index is 4.18. The van der Waals surface area contributed by atoms with E-state index in [1.54, 1.807) is 0 Å². The number of hydrogen-bond acceptors (Lipinski definition) is 0. The first-order chi connectivity index (χ1) is 8.58. The van der Waals surface area contributed by atoms with Crippen molar-refractivity contribution >= 4 is 0 Å². The van der Waals surface area contributed by atoms with Crippen LogP contribution in [0, 0.1) is 12.3 Å². The van der Waals surface area contributed by atoms with Crippen molar-refractivity contribution < 1.29 is 0 Å². The molecule has 0 heterocycles. The molecular weight excluding hydrogens is 216 g/mol. The highest BCUT2D eigenvalue weighted by Crippen LogP contribution is 2.36. The fourth-order valence-electron chi connectivity index (χ4n) is 2.72. The molecule has 0 aromatic carbocycles. The topological polar surface area (TPSA) is 0 Å². The predicted octanol–water partition coefficient (Wildman–Crippen LogP) is 5.33. The second kappa shape index (κ2) is 5.48. The quantitative estimate of drug-likeness (QED) is 0.429. The summed E-state index contributed by atoms with van der Waals surface area (Å²) in [6, 6.07) is 0. The summed E-state index contributed by atoms with van der Waals surface area (Å²) in [7, 11) is 0. The number of allylic oxidation sites excluding steroid dienone is 8. The second-order valence-electron chi connectivity index (χ2n) is 5.59. The van der Waals surface area contributed by atoms with Gasteiger partial charge in [-0.2, -0.15) is 23.6 Å². The van der Waals surface area contributed by atoms with E-state index in [1.165, 1.54) is 34.3 Å². The maximum atomic E-state index is 4.18. The van der Waals surface area contributed by atoms with Gasteiger partial charge in [0.15, 0.2) is 0 Å². The third-order valence-corrected chi connectivity index (χ3v) is 3.95. The Morgan fingerprint density at radius 2 is 2.06 bits per heavy atom. The first-order valence-corrected chi connectivity index (χ1v) is 6.82. The van der Waals surface area contributed by atoms with Crippen molar-refractivity contribution in [3.63, 3.8) is 0 Å². The van der Waals surface area contributed by atoms with Crippen molar-refractivity contribution in [1.29, 1.82) is 0 Å². The molecule has 0 saturated heterocycles. The first kappa shape index (κ1) is 13.0. The molecule has 0 aliphatic heterocycles. The van der Waals surface area contributed by atoms with Crippen molar-refractivity contribution in [2.45, 2.75) is 39.5 Å². The van der Waals surface area contributed by atoms with E-state index in [2.05, 4.69) is 51.7 Å². The van der Waals surface area contributed by atoms with Gasteiger partial charge in [0.05, 0.1) is 0 Å². The highest BCUT2D eigenvalue weighted by Gasteiger charge is 2.15. The lowest BCUT2D eigenvalue weighted by Crippen LogP contribution is -2.08. The third kappa shape index (κ3) is 2.87. The van der Waals surface area contributed by atoms with Gasteiger partial charge >= 0.3 is 0 Å². The van der Waals surface area contributed by atoms with Gasteiger partial charge in [-0.15, -0.1) is 18.2 Å². The zero-order chi connectivity index (χ0) is 13.1. The molecule has 0 radical (unpaired) electrons. The van der Waals surface area contributed by atoms with E-state index in [0.717, 1.165) is 19.3 Å². The minimum absolute atomic E-state index is 0.499. The van der Waals surface area contributed by atoms with Gasteiger partial charge < -0.3 is 0 Å². The minimum Gasteiger partial charge on any atom is -0.172 e. The van der Waals surface area contributed by atoms with E-state index < -0.39 is 0 Å². The van der Waals surface area contributed by atoms with Gasteiger partial charge in [0, 0.05) is 0 Å². The lowest BCUT2D eigenvalue weighted by atomic mass is 9.82. The molecule has 2 aliphatic rings. The molecular formula is C18H23-. The number of rotatable bonds is 1. The summed E-state index contributed by atoms with van der Waals surface area (Å²) in [6.45, 7) is 12.6. The zero-order valence-electron chi connectivity index (χ0n) is 11.6. The van der Waals surface area contributed by atoms with Crippen LogP contribution in [0.4, 0.5) is 0 Å². The predicted molar refractivity (Wildman–Crippen MR) is 80.1 cm³/mol. The van der Waals surface area contributed by atoms with Crippen LogP contribution < -0.4 is 0 Å². The average molecular weight is 239 g/mol. The van der Waals surface area contributed by atoms with E-state index in [-0.39, 0.29) is 0 Å². The molecule has 0 N–H and O–H groups in total. The van der Waals surface area contributed by atoms with E-state index in [9.17, 15) is 0 Å². The summed E-state index contributed by atoms with van der Waals surface area (Å²) >= 11 is 0. The lowest BCUT2D eigenvalue weighted by molar-refractivity contribution is 0.652. The lowest BCUT2D eigenvalue weighted by Gasteiger charge is -2.29. The van der Waals surface area contributed by atoms with Crippen LogP contribution in [0.2, 0.25) is 0 Å². The summed E-state index contributed by atoms with van der Waals surface area (Å²) in [5.41, 5.74) is 6.94. The van der Waals surface area contributed by atoms with Crippen molar-refractivity contribution in [3.8, 4) is 0 Å². The van der Waals surface area contributed by atoms with Crippen LogP contribution in [-0.2, 0) is 0 Å². The normalized spacial score (nSPS) is 28.4. The minimum atomic E-state index is 0.499. The molecule has 0 amide bonds. The maximum Gasteiger partial charge on any atom is -0.0286 e. The zero-order valence-corrected chi connectivity index (χ0v) is 11.6. The van der Waals surface area contributed by atoms with Crippen LogP contribution in [-0.4, -0.2) is 0 Å². The fourth-order valence-corrected chi connectivity index (χ4v) is 2.72. The van der Waals surface area contributed by atoms with Crippen LogP contribution in [0.1, 0.15) is 39.5 Å². The Morgan fingerprint density at radius 1 is 1.28 bits per heavy atom. The molecule has 0 aromatic rings. The Hall–Kier alpha value is -1.43. The SMILES string of the molecule is C=C1C=CC(=C2[CH-]C=C(C)CC2)C(C(=C)C)CC1. The molecule has 0 heteroatoms. The van der Waals surface area contributed by atoms with Gasteiger partial charge in [-0.1, -0.05) is 43.6 Å². The number of hydrogen-bond donors (Lipinski definition) is 0. The first-order valence-electron chi connectivity index (χ1n) is 6.82. The van der Waals surface area contributed by atoms with Gasteiger partial charge in [0.1, 0.15) is 0 Å². The Kier molecular flexibility index (Phi) is 3.96. The van der Waals surface area contributed by atoms with Crippen molar-refractivity contribution in [2.75, 3.05) is 0 Å². The Labute approximate surface area is 111 Å². The van der Waals surface area contributed by atoms with Gasteiger partial charge in [-0.05, 0) is 25.7 Å². The standard InChI is InChI=1S/C18H23/c1-13(2)17-11-7-15(4)8-12-18(17)16-9-5-14(3)6-10-16/h5,8-9,12,17H,1,4,6-7,10-11H2,2-3H3/q-1. The Balaban J connectivity index is 2.36. The Morgan fingerprint density at radius 3 is 2.67 bits per heavy atom. The molecule has 96 valence electrons. The molecule has 2 aliphatic carbocycles. The van der Waals surface area contributed by atoms with E-state index in [4.69, 9.17) is 0 Å². The average Bonchev–Trinajstić information content (AvgIpc) is 2.52. The van der Waals surface area contributed by atoms with Crippen molar-refractivity contribution in [2.24, 2.45) is 5.92 Å². The van der Waals surface area contributed by atoms with Crippen molar-refractivity contribution in [1.82, 2.24) is 0 Å². The summed E-state index contributed by atoms with van der Waals surface area (Å²) in [6.07, 6.45) is 13.6. The van der Waals surface area contributed by atoms with E-state index in [0.29, 0.717) is 5.92 Å². The van der Waals surface area contributed by atoms with Crippen molar-refractivity contribution in [3.05, 3.63) is 65.7 Å². The third-order valence-electron chi connectivity index (χ3n) is 3.95. The van der Waals surface area contributed by atoms with Crippen LogP contribution in [0.3, 0.4) is 0 Å². The highest BCUT2D eigenvalue weighted by molar-refractivity contribution is 5.44. The molecule has 0 fully saturated rings. The molecule has 0 saturated carbocycles. The van der Waals surface area contributed by atoms with E-state index in [1.807, 2.05) is 0 Å². The largest absolute Gasteiger partial charge is 0.172 e. The highest BCUT2D eigenvalue weighted by atomic mass is 14.2. The molecule has 0 aromatic heterocycles. The summed E-state index contributed by atoms with van der Waals surface area (Å²) in [5, 5.41) is 0. The molecule has 1 atom stereocenters. The summed E-state index contributed by atoms with van der Waals surface area (Å²) in [5.74, 6) is 0.499. The van der Waals surface area contributed by atoms with Gasteiger partial charge in [0.2, 0.25) is 0 Å². The smallest absolute Gasteiger partial charge is 0.0286 e. The fraction of sp³-hybridized carbons (Fsp3) is 0.389. The van der Waals surface area contributed by atoms with Gasteiger partial charge in [0.25, 0.3) is 0 Å². The van der Waals surface area contributed by atoms with Crippen LogP contribution in [0.5, 0.6) is 0 Å². The molecule has 0 bridgehead atoms. The monoisotopic (exact) mass is 239 g/mol. The van der Waals surface area contributed by atoms with Crippen LogP contribution in [0.15, 0.2) is 59.3 Å².